The minimum Gasteiger partial charge on any atom is -0.490 e. The fourth-order valence-electron chi connectivity index (χ4n) is 2.71. The summed E-state index contributed by atoms with van der Waals surface area (Å²) in [7, 11) is 0. The lowest BCUT2D eigenvalue weighted by Gasteiger charge is -2.16. The van der Waals surface area contributed by atoms with Crippen LogP contribution in [0.25, 0.3) is 6.08 Å². The largest absolute Gasteiger partial charge is 0.490 e. The second kappa shape index (κ2) is 10.1. The summed E-state index contributed by atoms with van der Waals surface area (Å²) in [6.45, 7) is 3.89. The summed E-state index contributed by atoms with van der Waals surface area (Å²) in [5, 5.41) is 12.3. The van der Waals surface area contributed by atoms with Gasteiger partial charge in [0, 0.05) is 0 Å². The van der Waals surface area contributed by atoms with Crippen molar-refractivity contribution in [1.82, 2.24) is 5.32 Å². The molecule has 0 spiro atoms. The standard InChI is InChI=1S/C22H21FN2O5S/c1-3-16(21(27)28)30-17-10-5-13(11-18(17)29-4-2)12-19-20(26)25-22(31-19)24-15-8-6-14(23)7-9-15/h5-12,16H,3-4H2,1-2H3,(H,27,28)(H,24,25,26)/b19-12+. The Bertz CT molecular complexity index is 1040. The van der Waals surface area contributed by atoms with E-state index >= 15 is 0 Å². The first-order valence-corrected chi connectivity index (χ1v) is 10.4. The Hall–Kier alpha value is -3.33. The molecule has 7 nitrogen and oxygen atoms in total. The number of carbonyl (C=O) groups is 2. The number of aliphatic imine (C=N–C) groups is 1. The van der Waals surface area contributed by atoms with Crippen molar-refractivity contribution in [2.45, 2.75) is 26.4 Å². The van der Waals surface area contributed by atoms with E-state index in [0.717, 1.165) is 11.8 Å². The molecule has 0 radical (unpaired) electrons. The molecule has 2 N–H and O–H groups in total. The van der Waals surface area contributed by atoms with Crippen molar-refractivity contribution in [1.29, 1.82) is 0 Å². The number of ether oxygens (including phenoxy) is 2. The third kappa shape index (κ3) is 5.85. The average Bonchev–Trinajstić information content (AvgIpc) is 3.07. The Kier molecular flexibility index (Phi) is 7.30. The summed E-state index contributed by atoms with van der Waals surface area (Å²) in [5.74, 6) is -1.01. The first-order chi connectivity index (χ1) is 14.9. The van der Waals surface area contributed by atoms with E-state index in [2.05, 4.69) is 10.3 Å². The molecular formula is C22H21FN2O5S. The van der Waals surface area contributed by atoms with Crippen molar-refractivity contribution < 1.29 is 28.6 Å². The molecular weight excluding hydrogens is 423 g/mol. The van der Waals surface area contributed by atoms with Gasteiger partial charge in [-0.15, -0.1) is 0 Å². The number of amides is 1. The second-order valence-electron chi connectivity index (χ2n) is 6.45. The monoisotopic (exact) mass is 444 g/mol. The Morgan fingerprint density at radius 3 is 2.61 bits per heavy atom. The number of amidine groups is 1. The predicted molar refractivity (Wildman–Crippen MR) is 117 cm³/mol. The van der Waals surface area contributed by atoms with Crippen LogP contribution in [-0.2, 0) is 9.59 Å². The summed E-state index contributed by atoms with van der Waals surface area (Å²) in [4.78, 5) is 28.3. The smallest absolute Gasteiger partial charge is 0.344 e. The van der Waals surface area contributed by atoms with E-state index in [9.17, 15) is 19.1 Å². The normalized spacial score (nSPS) is 16.9. The zero-order valence-corrected chi connectivity index (χ0v) is 17.7. The molecule has 3 rings (SSSR count). The number of carboxylic acids is 1. The van der Waals surface area contributed by atoms with Crippen LogP contribution in [0.2, 0.25) is 0 Å². The van der Waals surface area contributed by atoms with Gasteiger partial charge < -0.3 is 19.9 Å². The highest BCUT2D eigenvalue weighted by Gasteiger charge is 2.24. The summed E-state index contributed by atoms with van der Waals surface area (Å²) in [6.07, 6.45) is 0.998. The molecule has 0 aromatic heterocycles. The molecule has 1 fully saturated rings. The summed E-state index contributed by atoms with van der Waals surface area (Å²) < 4.78 is 24.2. The number of thioether (sulfide) groups is 1. The van der Waals surface area contributed by atoms with Crippen LogP contribution in [0.1, 0.15) is 25.8 Å². The van der Waals surface area contributed by atoms with Gasteiger partial charge in [0.2, 0.25) is 0 Å². The summed E-state index contributed by atoms with van der Waals surface area (Å²) in [6, 6.07) is 10.6. The lowest BCUT2D eigenvalue weighted by molar-refractivity contribution is -0.145. The van der Waals surface area contributed by atoms with E-state index in [4.69, 9.17) is 9.47 Å². The van der Waals surface area contributed by atoms with Crippen LogP contribution in [0.4, 0.5) is 10.1 Å². The van der Waals surface area contributed by atoms with E-state index in [0.29, 0.717) is 45.9 Å². The zero-order valence-electron chi connectivity index (χ0n) is 16.9. The van der Waals surface area contributed by atoms with E-state index in [1.54, 1.807) is 31.2 Å². The minimum atomic E-state index is -1.05. The molecule has 2 aromatic carbocycles. The number of halogens is 1. The number of hydrogen-bond acceptors (Lipinski definition) is 6. The van der Waals surface area contributed by atoms with Gasteiger partial charge in [0.15, 0.2) is 22.8 Å². The number of nitrogens with one attached hydrogen (secondary N) is 1. The first kappa shape index (κ1) is 22.4. The maximum Gasteiger partial charge on any atom is 0.344 e. The molecule has 2 aromatic rings. The maximum absolute atomic E-state index is 13.0. The quantitative estimate of drug-likeness (QED) is 0.588. The van der Waals surface area contributed by atoms with Crippen molar-refractivity contribution in [3.63, 3.8) is 0 Å². The number of rotatable bonds is 8. The number of nitrogens with zero attached hydrogens (tertiary/aromatic N) is 1. The molecule has 1 unspecified atom stereocenters. The number of benzene rings is 2. The number of hydrogen-bond donors (Lipinski definition) is 2. The highest BCUT2D eigenvalue weighted by Crippen LogP contribution is 2.33. The zero-order chi connectivity index (χ0) is 22.4. The first-order valence-electron chi connectivity index (χ1n) is 9.61. The highest BCUT2D eigenvalue weighted by atomic mass is 32.2. The third-order valence-electron chi connectivity index (χ3n) is 4.19. The molecule has 1 aliphatic rings. The van der Waals surface area contributed by atoms with Gasteiger partial charge in [-0.1, -0.05) is 13.0 Å². The van der Waals surface area contributed by atoms with Crippen LogP contribution in [0.15, 0.2) is 52.4 Å². The van der Waals surface area contributed by atoms with Gasteiger partial charge in [0.05, 0.1) is 17.2 Å². The molecule has 1 heterocycles. The molecule has 0 aliphatic carbocycles. The van der Waals surface area contributed by atoms with Gasteiger partial charge in [0.1, 0.15) is 5.82 Å². The Balaban J connectivity index is 1.82. The topological polar surface area (TPSA) is 97.2 Å². The molecule has 162 valence electrons. The third-order valence-corrected chi connectivity index (χ3v) is 5.10. The molecule has 1 amide bonds. The van der Waals surface area contributed by atoms with Gasteiger partial charge in [-0.3, -0.25) is 4.79 Å². The Morgan fingerprint density at radius 1 is 1.23 bits per heavy atom. The van der Waals surface area contributed by atoms with Crippen LogP contribution in [0, 0.1) is 5.82 Å². The van der Waals surface area contributed by atoms with E-state index in [-0.39, 0.29) is 11.7 Å². The van der Waals surface area contributed by atoms with Gasteiger partial charge in [-0.2, -0.15) is 0 Å². The molecule has 9 heteroatoms. The number of carbonyl (C=O) groups excluding carboxylic acids is 1. The molecule has 1 atom stereocenters. The van der Waals surface area contributed by atoms with Crippen LogP contribution >= 0.6 is 11.8 Å². The Labute approximate surface area is 183 Å². The predicted octanol–water partition coefficient (Wildman–Crippen LogP) is 4.36. The van der Waals surface area contributed by atoms with Crippen molar-refractivity contribution in [2.24, 2.45) is 4.99 Å². The molecule has 0 bridgehead atoms. The SMILES string of the molecule is CCOc1cc(/C=C2/SC(=Nc3ccc(F)cc3)NC2=O)ccc1OC(CC)C(=O)O. The Morgan fingerprint density at radius 2 is 1.97 bits per heavy atom. The molecule has 0 saturated carbocycles. The highest BCUT2D eigenvalue weighted by molar-refractivity contribution is 8.18. The summed E-state index contributed by atoms with van der Waals surface area (Å²) >= 11 is 1.16. The average molecular weight is 444 g/mol. The maximum atomic E-state index is 13.0. The van der Waals surface area contributed by atoms with Crippen LogP contribution in [0.5, 0.6) is 11.5 Å². The lowest BCUT2D eigenvalue weighted by Crippen LogP contribution is -2.26. The van der Waals surface area contributed by atoms with Gasteiger partial charge >= 0.3 is 5.97 Å². The molecule has 1 saturated heterocycles. The fourth-order valence-corrected chi connectivity index (χ4v) is 3.55. The fraction of sp³-hybridized carbons (Fsp3) is 0.227. The van der Waals surface area contributed by atoms with E-state index < -0.39 is 12.1 Å². The van der Waals surface area contributed by atoms with Crippen molar-refractivity contribution in [3.05, 3.63) is 58.8 Å². The van der Waals surface area contributed by atoms with Crippen molar-refractivity contribution in [2.75, 3.05) is 6.61 Å². The van der Waals surface area contributed by atoms with Crippen molar-refractivity contribution in [3.8, 4) is 11.5 Å². The van der Waals surface area contributed by atoms with Crippen LogP contribution in [-0.4, -0.2) is 34.9 Å². The van der Waals surface area contributed by atoms with E-state index in [1.165, 1.54) is 24.3 Å². The van der Waals surface area contributed by atoms with Gasteiger partial charge in [0.25, 0.3) is 5.91 Å². The van der Waals surface area contributed by atoms with Crippen LogP contribution in [0.3, 0.4) is 0 Å². The molecule has 31 heavy (non-hydrogen) atoms. The van der Waals surface area contributed by atoms with Crippen LogP contribution < -0.4 is 14.8 Å². The minimum absolute atomic E-state index is 0.305. The van der Waals surface area contributed by atoms with Gasteiger partial charge in [-0.25, -0.2) is 14.2 Å². The molecule has 1 aliphatic heterocycles. The summed E-state index contributed by atoms with van der Waals surface area (Å²) in [5.41, 5.74) is 1.20. The lowest BCUT2D eigenvalue weighted by atomic mass is 10.1. The van der Waals surface area contributed by atoms with E-state index in [1.807, 2.05) is 6.92 Å². The number of carboxylic acid groups (broad SMARTS) is 1. The van der Waals surface area contributed by atoms with Crippen molar-refractivity contribution >= 4 is 40.6 Å². The second-order valence-corrected chi connectivity index (χ2v) is 7.48. The van der Waals surface area contributed by atoms with Gasteiger partial charge in [-0.05, 0) is 73.1 Å². The number of aliphatic carboxylic acids is 1.